The minimum absolute atomic E-state index is 0.463. The Morgan fingerprint density at radius 1 is 1.29 bits per heavy atom. The number of aliphatic hydroxyl groups excluding tert-OH is 1. The highest BCUT2D eigenvalue weighted by Crippen LogP contribution is 2.32. The summed E-state index contributed by atoms with van der Waals surface area (Å²) >= 11 is 7.62. The summed E-state index contributed by atoms with van der Waals surface area (Å²) in [6, 6.07) is 5.66. The van der Waals surface area contributed by atoms with Crippen molar-refractivity contribution in [2.75, 3.05) is 0 Å². The van der Waals surface area contributed by atoms with Crippen LogP contribution in [0, 0.1) is 0 Å². The molecule has 0 radical (unpaired) electrons. The minimum Gasteiger partial charge on any atom is -0.389 e. The van der Waals surface area contributed by atoms with E-state index in [9.17, 15) is 5.11 Å². The van der Waals surface area contributed by atoms with Gasteiger partial charge in [0, 0.05) is 15.2 Å². The molecule has 0 heterocycles. The molecule has 14 heavy (non-hydrogen) atoms. The maximum atomic E-state index is 9.57. The molecule has 0 saturated heterocycles. The number of benzene rings is 1. The van der Waals surface area contributed by atoms with Crippen LogP contribution in [0.1, 0.15) is 32.4 Å². The second kappa shape index (κ2) is 5.06. The molecular formula is C11H15ClOS. The molecule has 0 amide bonds. The van der Waals surface area contributed by atoms with Crippen LogP contribution in [0.5, 0.6) is 0 Å². The van der Waals surface area contributed by atoms with Crippen LogP contribution in [0.4, 0.5) is 0 Å². The normalized spacial score (nSPS) is 13.3. The lowest BCUT2D eigenvalue weighted by atomic mass is 10.1. The Hall–Kier alpha value is -0.180. The molecule has 1 rings (SSSR count). The van der Waals surface area contributed by atoms with E-state index in [1.807, 2.05) is 18.2 Å². The molecule has 78 valence electrons. The quantitative estimate of drug-likeness (QED) is 0.795. The zero-order valence-corrected chi connectivity index (χ0v) is 10.2. The third-order valence-corrected chi connectivity index (χ3v) is 3.12. The summed E-state index contributed by atoms with van der Waals surface area (Å²) in [5.74, 6) is 0. The van der Waals surface area contributed by atoms with Crippen LogP contribution in [0.2, 0.25) is 5.02 Å². The van der Waals surface area contributed by atoms with Gasteiger partial charge in [0.15, 0.2) is 0 Å². The first-order valence-electron chi connectivity index (χ1n) is 4.65. The first-order valence-corrected chi connectivity index (χ1v) is 5.90. The summed E-state index contributed by atoms with van der Waals surface area (Å²) in [5, 5.41) is 10.8. The van der Waals surface area contributed by atoms with Crippen molar-refractivity contribution in [3.05, 3.63) is 28.8 Å². The summed E-state index contributed by atoms with van der Waals surface area (Å²) in [5.41, 5.74) is 0.913. The Bertz CT molecular complexity index is 310. The lowest BCUT2D eigenvalue weighted by Crippen LogP contribution is -1.96. The van der Waals surface area contributed by atoms with Gasteiger partial charge in [0.25, 0.3) is 0 Å². The maximum Gasteiger partial charge on any atom is 0.0773 e. The fraction of sp³-hybridized carbons (Fsp3) is 0.455. The van der Waals surface area contributed by atoms with Crippen molar-refractivity contribution < 1.29 is 5.11 Å². The summed E-state index contributed by atoms with van der Waals surface area (Å²) in [6.07, 6.45) is -0.463. The molecule has 0 aromatic heterocycles. The molecule has 1 unspecified atom stereocenters. The van der Waals surface area contributed by atoms with Gasteiger partial charge in [-0.3, -0.25) is 0 Å². The molecule has 0 bridgehead atoms. The Labute approximate surface area is 94.5 Å². The van der Waals surface area contributed by atoms with E-state index in [1.54, 1.807) is 18.7 Å². The molecular weight excluding hydrogens is 216 g/mol. The van der Waals surface area contributed by atoms with Crippen LogP contribution >= 0.6 is 23.4 Å². The second-order valence-corrected chi connectivity index (χ2v) is 5.58. The van der Waals surface area contributed by atoms with E-state index in [-0.39, 0.29) is 0 Å². The van der Waals surface area contributed by atoms with Gasteiger partial charge in [-0.2, -0.15) is 0 Å². The summed E-state index contributed by atoms with van der Waals surface area (Å²) in [4.78, 5) is 1.11. The van der Waals surface area contributed by atoms with Gasteiger partial charge in [0.1, 0.15) is 0 Å². The van der Waals surface area contributed by atoms with Gasteiger partial charge in [-0.15, -0.1) is 11.8 Å². The predicted molar refractivity (Wildman–Crippen MR) is 63.1 cm³/mol. The van der Waals surface area contributed by atoms with Crippen molar-refractivity contribution >= 4 is 23.4 Å². The van der Waals surface area contributed by atoms with Crippen LogP contribution < -0.4 is 0 Å². The molecule has 0 fully saturated rings. The lowest BCUT2D eigenvalue weighted by Gasteiger charge is -2.13. The Morgan fingerprint density at radius 2 is 1.93 bits per heavy atom. The number of aliphatic hydroxyl groups is 1. The van der Waals surface area contributed by atoms with E-state index in [0.717, 1.165) is 10.5 Å². The molecule has 1 aromatic rings. The van der Waals surface area contributed by atoms with Crippen molar-refractivity contribution in [1.82, 2.24) is 0 Å². The number of halogens is 1. The highest BCUT2D eigenvalue weighted by Gasteiger charge is 2.10. The minimum atomic E-state index is -0.463. The van der Waals surface area contributed by atoms with E-state index in [0.29, 0.717) is 10.3 Å². The first kappa shape index (κ1) is 11.9. The smallest absolute Gasteiger partial charge is 0.0773 e. The average Bonchev–Trinajstić information content (AvgIpc) is 2.07. The molecule has 0 saturated carbocycles. The van der Waals surface area contributed by atoms with Gasteiger partial charge in [-0.05, 0) is 30.7 Å². The lowest BCUT2D eigenvalue weighted by molar-refractivity contribution is 0.196. The molecule has 3 heteroatoms. The van der Waals surface area contributed by atoms with Gasteiger partial charge < -0.3 is 5.11 Å². The zero-order chi connectivity index (χ0) is 10.7. The monoisotopic (exact) mass is 230 g/mol. The fourth-order valence-corrected chi connectivity index (χ4v) is 2.41. The van der Waals surface area contributed by atoms with E-state index in [1.165, 1.54) is 0 Å². The van der Waals surface area contributed by atoms with Crippen molar-refractivity contribution in [1.29, 1.82) is 0 Å². The van der Waals surface area contributed by atoms with Crippen molar-refractivity contribution in [2.24, 2.45) is 0 Å². The molecule has 1 nitrogen and oxygen atoms in total. The Balaban J connectivity index is 3.02. The summed E-state index contributed by atoms with van der Waals surface area (Å²) < 4.78 is 0. The third-order valence-electron chi connectivity index (χ3n) is 1.78. The van der Waals surface area contributed by atoms with Crippen LogP contribution in [-0.2, 0) is 0 Å². The fourth-order valence-electron chi connectivity index (χ4n) is 1.21. The second-order valence-electron chi connectivity index (χ2n) is 3.52. The number of thioether (sulfide) groups is 1. The summed E-state index contributed by atoms with van der Waals surface area (Å²) in [7, 11) is 0. The number of rotatable bonds is 3. The van der Waals surface area contributed by atoms with Crippen LogP contribution in [0.3, 0.4) is 0 Å². The average molecular weight is 231 g/mol. The maximum absolute atomic E-state index is 9.57. The zero-order valence-electron chi connectivity index (χ0n) is 8.62. The summed E-state index contributed by atoms with van der Waals surface area (Å²) in [6.45, 7) is 6.02. The van der Waals surface area contributed by atoms with E-state index >= 15 is 0 Å². The number of hydrogen-bond acceptors (Lipinski definition) is 2. The van der Waals surface area contributed by atoms with E-state index < -0.39 is 6.10 Å². The topological polar surface area (TPSA) is 20.2 Å². The molecule has 1 atom stereocenters. The van der Waals surface area contributed by atoms with E-state index in [4.69, 9.17) is 11.6 Å². The highest BCUT2D eigenvalue weighted by molar-refractivity contribution is 8.00. The van der Waals surface area contributed by atoms with Crippen LogP contribution in [0.15, 0.2) is 23.1 Å². The van der Waals surface area contributed by atoms with Crippen molar-refractivity contribution in [2.45, 2.75) is 37.0 Å². The SMILES string of the molecule is CC(C)Sc1ccc(Cl)cc1C(C)O. The van der Waals surface area contributed by atoms with Gasteiger partial charge in [0.05, 0.1) is 6.10 Å². The van der Waals surface area contributed by atoms with Crippen LogP contribution in [0.25, 0.3) is 0 Å². The largest absolute Gasteiger partial charge is 0.389 e. The highest BCUT2D eigenvalue weighted by atomic mass is 35.5. The molecule has 0 aliphatic heterocycles. The Kier molecular flexibility index (Phi) is 4.30. The molecule has 1 N–H and O–H groups in total. The molecule has 1 aromatic carbocycles. The van der Waals surface area contributed by atoms with Crippen molar-refractivity contribution in [3.8, 4) is 0 Å². The van der Waals surface area contributed by atoms with Crippen molar-refractivity contribution in [3.63, 3.8) is 0 Å². The van der Waals surface area contributed by atoms with Gasteiger partial charge in [0.2, 0.25) is 0 Å². The standard InChI is InChI=1S/C11H15ClOS/c1-7(2)14-11-5-4-9(12)6-10(11)8(3)13/h4-8,13H,1-3H3. The molecule has 0 aliphatic carbocycles. The predicted octanol–water partition coefficient (Wildman–Crippen LogP) is 3.89. The van der Waals surface area contributed by atoms with Gasteiger partial charge in [-0.1, -0.05) is 25.4 Å². The van der Waals surface area contributed by atoms with E-state index in [2.05, 4.69) is 13.8 Å². The molecule has 0 aliphatic rings. The molecule has 0 spiro atoms. The van der Waals surface area contributed by atoms with Crippen LogP contribution in [-0.4, -0.2) is 10.4 Å². The Morgan fingerprint density at radius 3 is 2.43 bits per heavy atom. The van der Waals surface area contributed by atoms with Gasteiger partial charge in [-0.25, -0.2) is 0 Å². The third kappa shape index (κ3) is 3.19. The number of hydrogen-bond donors (Lipinski definition) is 1. The van der Waals surface area contributed by atoms with Gasteiger partial charge >= 0.3 is 0 Å². The first-order chi connectivity index (χ1) is 6.50.